The van der Waals surface area contributed by atoms with Crippen LogP contribution in [0.2, 0.25) is 0 Å². The van der Waals surface area contributed by atoms with Crippen LogP contribution < -0.4 is 9.47 Å². The van der Waals surface area contributed by atoms with E-state index in [0.29, 0.717) is 17.1 Å². The van der Waals surface area contributed by atoms with Crippen molar-refractivity contribution in [1.82, 2.24) is 0 Å². The standard InChI is InChI=1S/C16H13NO4S/c1-19-11-6-10(7-12(8-11)20-2)15-17-14(16(18)21-15)9-13-4-3-5-22-13/h3-9H,1-2H3/b14-9-. The molecule has 2 heterocycles. The SMILES string of the molecule is COc1cc(OC)cc(C2=N/C(=C\c3cccs3)C(=O)O2)c1. The average Bonchev–Trinajstić information content (AvgIpc) is 3.17. The number of rotatable bonds is 4. The van der Waals surface area contributed by atoms with Crippen LogP contribution in [0.5, 0.6) is 11.5 Å². The van der Waals surface area contributed by atoms with E-state index in [4.69, 9.17) is 14.2 Å². The van der Waals surface area contributed by atoms with Crippen molar-refractivity contribution in [2.75, 3.05) is 14.2 Å². The van der Waals surface area contributed by atoms with Gasteiger partial charge in [0.05, 0.1) is 14.2 Å². The number of cyclic esters (lactones) is 1. The van der Waals surface area contributed by atoms with Gasteiger partial charge in [0, 0.05) is 16.5 Å². The van der Waals surface area contributed by atoms with E-state index >= 15 is 0 Å². The van der Waals surface area contributed by atoms with Crippen molar-refractivity contribution in [1.29, 1.82) is 0 Å². The van der Waals surface area contributed by atoms with Gasteiger partial charge in [-0.2, -0.15) is 0 Å². The fourth-order valence-corrected chi connectivity index (χ4v) is 2.62. The summed E-state index contributed by atoms with van der Waals surface area (Å²) in [4.78, 5) is 17.1. The molecule has 2 aromatic rings. The van der Waals surface area contributed by atoms with Gasteiger partial charge in [0.25, 0.3) is 0 Å². The van der Waals surface area contributed by atoms with E-state index in [1.807, 2.05) is 17.5 Å². The predicted octanol–water partition coefficient (Wildman–Crippen LogP) is 3.11. The monoisotopic (exact) mass is 315 g/mol. The lowest BCUT2D eigenvalue weighted by atomic mass is 10.2. The fourth-order valence-electron chi connectivity index (χ4n) is 1.97. The molecule has 0 N–H and O–H groups in total. The number of nitrogens with zero attached hydrogens (tertiary/aromatic N) is 1. The minimum absolute atomic E-state index is 0.241. The van der Waals surface area contributed by atoms with Gasteiger partial charge in [-0.05, 0) is 29.7 Å². The van der Waals surface area contributed by atoms with E-state index in [9.17, 15) is 4.79 Å². The minimum atomic E-state index is -0.467. The molecule has 3 rings (SSSR count). The molecule has 0 amide bonds. The molecule has 0 saturated heterocycles. The quantitative estimate of drug-likeness (QED) is 0.642. The summed E-state index contributed by atoms with van der Waals surface area (Å²) in [7, 11) is 3.12. The summed E-state index contributed by atoms with van der Waals surface area (Å²) in [6, 6.07) is 9.04. The third-order valence-electron chi connectivity index (χ3n) is 3.04. The molecule has 0 bridgehead atoms. The topological polar surface area (TPSA) is 57.1 Å². The van der Waals surface area contributed by atoms with Crippen molar-refractivity contribution in [2.24, 2.45) is 4.99 Å². The first-order valence-electron chi connectivity index (χ1n) is 6.49. The van der Waals surface area contributed by atoms with Crippen molar-refractivity contribution >= 4 is 29.3 Å². The van der Waals surface area contributed by atoms with Crippen LogP contribution >= 0.6 is 11.3 Å². The second kappa shape index (κ2) is 6.03. The number of hydrogen-bond donors (Lipinski definition) is 0. The molecule has 0 atom stereocenters. The maximum atomic E-state index is 11.9. The summed E-state index contributed by atoms with van der Waals surface area (Å²) in [5, 5.41) is 1.93. The molecule has 5 nitrogen and oxygen atoms in total. The summed E-state index contributed by atoms with van der Waals surface area (Å²) in [6.45, 7) is 0. The number of esters is 1. The van der Waals surface area contributed by atoms with E-state index in [0.717, 1.165) is 4.88 Å². The molecule has 22 heavy (non-hydrogen) atoms. The third-order valence-corrected chi connectivity index (χ3v) is 3.86. The van der Waals surface area contributed by atoms with Gasteiger partial charge in [-0.1, -0.05) is 6.07 Å². The number of methoxy groups -OCH3 is 2. The highest BCUT2D eigenvalue weighted by molar-refractivity contribution is 7.10. The van der Waals surface area contributed by atoms with Crippen molar-refractivity contribution in [3.05, 3.63) is 51.8 Å². The van der Waals surface area contributed by atoms with Gasteiger partial charge in [0.15, 0.2) is 5.70 Å². The van der Waals surface area contributed by atoms with Crippen LogP contribution in [-0.2, 0) is 9.53 Å². The summed E-state index contributed by atoms with van der Waals surface area (Å²) in [6.07, 6.45) is 1.71. The van der Waals surface area contributed by atoms with Crippen molar-refractivity contribution in [2.45, 2.75) is 0 Å². The molecule has 112 valence electrons. The Kier molecular flexibility index (Phi) is 3.93. The first-order chi connectivity index (χ1) is 10.7. The first kappa shape index (κ1) is 14.3. The Balaban J connectivity index is 1.97. The number of carbonyl (C=O) groups is 1. The number of ether oxygens (including phenoxy) is 3. The van der Waals surface area contributed by atoms with Crippen LogP contribution in [0.15, 0.2) is 46.4 Å². The largest absolute Gasteiger partial charge is 0.497 e. The lowest BCUT2D eigenvalue weighted by molar-refractivity contribution is -0.129. The summed E-state index contributed by atoms with van der Waals surface area (Å²) < 4.78 is 15.7. The van der Waals surface area contributed by atoms with Crippen LogP contribution in [0.25, 0.3) is 6.08 Å². The van der Waals surface area contributed by atoms with Gasteiger partial charge in [-0.15, -0.1) is 11.3 Å². The van der Waals surface area contributed by atoms with Crippen molar-refractivity contribution in [3.63, 3.8) is 0 Å². The number of thiophene rings is 1. The van der Waals surface area contributed by atoms with Crippen LogP contribution in [0.3, 0.4) is 0 Å². The lowest BCUT2D eigenvalue weighted by Gasteiger charge is -2.07. The lowest BCUT2D eigenvalue weighted by Crippen LogP contribution is -2.06. The van der Waals surface area contributed by atoms with Gasteiger partial charge in [-0.25, -0.2) is 9.79 Å². The zero-order valence-corrected chi connectivity index (χ0v) is 12.8. The highest BCUT2D eigenvalue weighted by Gasteiger charge is 2.25. The molecule has 0 radical (unpaired) electrons. The van der Waals surface area contributed by atoms with E-state index in [2.05, 4.69) is 4.99 Å². The minimum Gasteiger partial charge on any atom is -0.497 e. The Morgan fingerprint density at radius 1 is 1.18 bits per heavy atom. The summed E-state index contributed by atoms with van der Waals surface area (Å²) in [5.41, 5.74) is 0.901. The van der Waals surface area contributed by atoms with Gasteiger partial charge in [0.1, 0.15) is 11.5 Å². The number of aliphatic imine (C=N–C) groups is 1. The van der Waals surface area contributed by atoms with E-state index in [1.165, 1.54) is 11.3 Å². The van der Waals surface area contributed by atoms with E-state index in [-0.39, 0.29) is 11.6 Å². The van der Waals surface area contributed by atoms with Crippen LogP contribution in [-0.4, -0.2) is 26.1 Å². The van der Waals surface area contributed by atoms with Crippen LogP contribution in [0.4, 0.5) is 0 Å². The fraction of sp³-hybridized carbons (Fsp3) is 0.125. The van der Waals surface area contributed by atoms with Crippen LogP contribution in [0, 0.1) is 0 Å². The Hall–Kier alpha value is -2.60. The normalized spacial score (nSPS) is 15.6. The van der Waals surface area contributed by atoms with Gasteiger partial charge in [0.2, 0.25) is 5.90 Å². The third kappa shape index (κ3) is 2.87. The molecule has 0 fully saturated rings. The van der Waals surface area contributed by atoms with Gasteiger partial charge in [-0.3, -0.25) is 0 Å². The average molecular weight is 315 g/mol. The summed E-state index contributed by atoms with van der Waals surface area (Å²) >= 11 is 1.53. The second-order valence-electron chi connectivity index (χ2n) is 4.45. The Labute approximate surface area is 131 Å². The molecule has 1 aliphatic heterocycles. The highest BCUT2D eigenvalue weighted by atomic mass is 32.1. The molecule has 1 aromatic heterocycles. The number of benzene rings is 1. The smallest absolute Gasteiger partial charge is 0.363 e. The number of hydrogen-bond acceptors (Lipinski definition) is 6. The summed E-state index contributed by atoms with van der Waals surface area (Å²) in [5.74, 6) is 0.975. The van der Waals surface area contributed by atoms with Crippen molar-refractivity contribution < 1.29 is 19.0 Å². The first-order valence-corrected chi connectivity index (χ1v) is 7.37. The number of carbonyl (C=O) groups excluding carboxylic acids is 1. The zero-order valence-electron chi connectivity index (χ0n) is 12.0. The van der Waals surface area contributed by atoms with Crippen molar-refractivity contribution in [3.8, 4) is 11.5 Å². The van der Waals surface area contributed by atoms with Crippen LogP contribution in [0.1, 0.15) is 10.4 Å². The molecule has 0 saturated carbocycles. The molecule has 0 spiro atoms. The molecular formula is C16H13NO4S. The Morgan fingerprint density at radius 3 is 2.50 bits per heavy atom. The molecule has 1 aromatic carbocycles. The van der Waals surface area contributed by atoms with E-state index < -0.39 is 5.97 Å². The zero-order chi connectivity index (χ0) is 15.5. The molecule has 6 heteroatoms. The Bertz CT molecular complexity index is 740. The predicted molar refractivity (Wildman–Crippen MR) is 84.5 cm³/mol. The van der Waals surface area contributed by atoms with Gasteiger partial charge < -0.3 is 14.2 Å². The Morgan fingerprint density at radius 2 is 1.91 bits per heavy atom. The molecule has 1 aliphatic rings. The maximum Gasteiger partial charge on any atom is 0.363 e. The molecule has 0 unspecified atom stereocenters. The molecular weight excluding hydrogens is 302 g/mol. The maximum absolute atomic E-state index is 11.9. The van der Waals surface area contributed by atoms with Gasteiger partial charge >= 0.3 is 5.97 Å². The van der Waals surface area contributed by atoms with E-state index in [1.54, 1.807) is 38.5 Å². The second-order valence-corrected chi connectivity index (χ2v) is 5.43. The molecule has 0 aliphatic carbocycles. The highest BCUT2D eigenvalue weighted by Crippen LogP contribution is 2.26.